The lowest BCUT2D eigenvalue weighted by atomic mass is 10.2. The van der Waals surface area contributed by atoms with E-state index < -0.39 is 0 Å². The zero-order chi connectivity index (χ0) is 18.6. The Balaban J connectivity index is 1.40. The highest BCUT2D eigenvalue weighted by atomic mass is 16.2. The summed E-state index contributed by atoms with van der Waals surface area (Å²) in [7, 11) is 0. The summed E-state index contributed by atoms with van der Waals surface area (Å²) in [5.41, 5.74) is 1.34. The number of hydrogen-bond donors (Lipinski definition) is 1. The lowest BCUT2D eigenvalue weighted by molar-refractivity contribution is 0.0683. The average molecular weight is 364 g/mol. The van der Waals surface area contributed by atoms with E-state index in [9.17, 15) is 9.59 Å². The van der Waals surface area contributed by atoms with E-state index >= 15 is 0 Å². The number of benzene rings is 1. The molecule has 1 aliphatic rings. The van der Waals surface area contributed by atoms with Crippen molar-refractivity contribution in [1.29, 1.82) is 0 Å². The van der Waals surface area contributed by atoms with Crippen molar-refractivity contribution in [2.24, 2.45) is 0 Å². The zero-order valence-electron chi connectivity index (χ0n) is 14.8. The van der Waals surface area contributed by atoms with Gasteiger partial charge < -0.3 is 14.8 Å². The molecular weight excluding hydrogens is 344 g/mol. The third-order valence-electron chi connectivity index (χ3n) is 4.50. The molecule has 3 heterocycles. The van der Waals surface area contributed by atoms with Crippen LogP contribution in [-0.4, -0.2) is 49.1 Å². The SMILES string of the molecule is O=C(NCCn1cccn1)c1cn2c(n1)C(=O)N(Cc1ccccc1)CC2. The van der Waals surface area contributed by atoms with Crippen LogP contribution >= 0.6 is 0 Å². The van der Waals surface area contributed by atoms with Gasteiger partial charge in [-0.25, -0.2) is 4.98 Å². The second-order valence-electron chi connectivity index (χ2n) is 6.38. The maximum atomic E-state index is 12.7. The van der Waals surface area contributed by atoms with Crippen molar-refractivity contribution in [1.82, 2.24) is 29.5 Å². The number of imidazole rings is 1. The third-order valence-corrected chi connectivity index (χ3v) is 4.50. The first-order valence-electron chi connectivity index (χ1n) is 8.87. The fraction of sp³-hybridized carbons (Fsp3) is 0.263. The van der Waals surface area contributed by atoms with Crippen LogP contribution in [0.15, 0.2) is 55.0 Å². The van der Waals surface area contributed by atoms with Gasteiger partial charge in [0.2, 0.25) is 0 Å². The Morgan fingerprint density at radius 3 is 2.78 bits per heavy atom. The predicted molar refractivity (Wildman–Crippen MR) is 98.0 cm³/mol. The largest absolute Gasteiger partial charge is 0.349 e. The first-order chi connectivity index (χ1) is 13.2. The Hall–Kier alpha value is -3.42. The number of fused-ring (bicyclic) bond motifs is 1. The standard InChI is InChI=1S/C19H20N6O2/c26-18(20-8-10-25-9-4-7-21-25)16-14-23-11-12-24(19(27)17(23)22-16)13-15-5-2-1-3-6-15/h1-7,9,14H,8,10-13H2,(H,20,26). The minimum absolute atomic E-state index is 0.152. The van der Waals surface area contributed by atoms with Crippen molar-refractivity contribution in [3.8, 4) is 0 Å². The van der Waals surface area contributed by atoms with Crippen LogP contribution in [0.2, 0.25) is 0 Å². The van der Waals surface area contributed by atoms with Crippen LogP contribution in [-0.2, 0) is 19.6 Å². The summed E-state index contributed by atoms with van der Waals surface area (Å²) < 4.78 is 3.50. The Labute approximate surface area is 156 Å². The van der Waals surface area contributed by atoms with E-state index in [0.29, 0.717) is 38.5 Å². The molecule has 0 atom stereocenters. The van der Waals surface area contributed by atoms with Crippen LogP contribution in [0.5, 0.6) is 0 Å². The highest BCUT2D eigenvalue weighted by Crippen LogP contribution is 2.16. The van der Waals surface area contributed by atoms with Gasteiger partial charge in [-0.15, -0.1) is 0 Å². The minimum atomic E-state index is -0.286. The fourth-order valence-electron chi connectivity index (χ4n) is 3.10. The molecule has 1 N–H and O–H groups in total. The van der Waals surface area contributed by atoms with Gasteiger partial charge in [0.05, 0.1) is 6.54 Å². The summed E-state index contributed by atoms with van der Waals surface area (Å²) in [6.07, 6.45) is 5.18. The summed E-state index contributed by atoms with van der Waals surface area (Å²) in [6, 6.07) is 11.7. The predicted octanol–water partition coefficient (Wildman–Crippen LogP) is 1.17. The molecule has 0 aliphatic carbocycles. The number of carbonyl (C=O) groups excluding carboxylic acids is 2. The fourth-order valence-corrected chi connectivity index (χ4v) is 3.10. The third kappa shape index (κ3) is 3.74. The van der Waals surface area contributed by atoms with E-state index in [1.54, 1.807) is 26.5 Å². The highest BCUT2D eigenvalue weighted by molar-refractivity contribution is 5.96. The van der Waals surface area contributed by atoms with E-state index in [4.69, 9.17) is 0 Å². The average Bonchev–Trinajstić information content (AvgIpc) is 3.35. The van der Waals surface area contributed by atoms with Gasteiger partial charge in [-0.3, -0.25) is 14.3 Å². The number of rotatable bonds is 6. The molecular formula is C19H20N6O2. The van der Waals surface area contributed by atoms with E-state index in [1.165, 1.54) is 0 Å². The first-order valence-corrected chi connectivity index (χ1v) is 8.87. The molecule has 8 heteroatoms. The molecule has 2 amide bonds. The Morgan fingerprint density at radius 1 is 1.15 bits per heavy atom. The van der Waals surface area contributed by atoms with Gasteiger partial charge in [0.25, 0.3) is 11.8 Å². The van der Waals surface area contributed by atoms with Crippen LogP contribution in [0.3, 0.4) is 0 Å². The van der Waals surface area contributed by atoms with Crippen molar-refractivity contribution >= 4 is 11.8 Å². The van der Waals surface area contributed by atoms with Crippen molar-refractivity contribution in [3.63, 3.8) is 0 Å². The van der Waals surface area contributed by atoms with E-state index in [-0.39, 0.29) is 17.5 Å². The molecule has 0 unspecified atom stereocenters. The van der Waals surface area contributed by atoms with Crippen molar-refractivity contribution < 1.29 is 9.59 Å². The van der Waals surface area contributed by atoms with E-state index in [0.717, 1.165) is 5.56 Å². The molecule has 1 aromatic carbocycles. The van der Waals surface area contributed by atoms with Crippen LogP contribution in [0.4, 0.5) is 0 Å². The quantitative estimate of drug-likeness (QED) is 0.711. The summed E-state index contributed by atoms with van der Waals surface area (Å²) >= 11 is 0. The Bertz CT molecular complexity index is 933. The molecule has 0 saturated heterocycles. The number of aromatic nitrogens is 4. The van der Waals surface area contributed by atoms with E-state index in [1.807, 2.05) is 42.6 Å². The molecule has 0 bridgehead atoms. The molecule has 0 saturated carbocycles. The number of nitrogens with zero attached hydrogens (tertiary/aromatic N) is 5. The number of amides is 2. The molecule has 138 valence electrons. The smallest absolute Gasteiger partial charge is 0.290 e. The van der Waals surface area contributed by atoms with Gasteiger partial charge in [-0.1, -0.05) is 30.3 Å². The minimum Gasteiger partial charge on any atom is -0.349 e. The summed E-state index contributed by atoms with van der Waals surface area (Å²) in [4.78, 5) is 31.1. The number of carbonyl (C=O) groups is 2. The van der Waals surface area contributed by atoms with Gasteiger partial charge in [0, 0.05) is 44.8 Å². The lowest BCUT2D eigenvalue weighted by Gasteiger charge is -2.27. The molecule has 2 aromatic heterocycles. The Morgan fingerprint density at radius 2 is 2.00 bits per heavy atom. The van der Waals surface area contributed by atoms with Gasteiger partial charge in [0.15, 0.2) is 5.82 Å². The zero-order valence-corrected chi connectivity index (χ0v) is 14.8. The molecule has 3 aromatic rings. The summed E-state index contributed by atoms with van der Waals surface area (Å²) in [6.45, 7) is 2.78. The number of nitrogens with one attached hydrogen (secondary N) is 1. The monoisotopic (exact) mass is 364 g/mol. The topological polar surface area (TPSA) is 85.0 Å². The first kappa shape index (κ1) is 17.0. The molecule has 0 radical (unpaired) electrons. The summed E-state index contributed by atoms with van der Waals surface area (Å²) in [5.74, 6) is -0.124. The maximum Gasteiger partial charge on any atom is 0.290 e. The van der Waals surface area contributed by atoms with Crippen molar-refractivity contribution in [3.05, 3.63) is 72.1 Å². The van der Waals surface area contributed by atoms with Crippen LogP contribution < -0.4 is 5.32 Å². The Kier molecular flexibility index (Phi) is 4.69. The van der Waals surface area contributed by atoms with Gasteiger partial charge in [-0.05, 0) is 11.6 Å². The van der Waals surface area contributed by atoms with Gasteiger partial charge >= 0.3 is 0 Å². The molecule has 0 spiro atoms. The van der Waals surface area contributed by atoms with E-state index in [2.05, 4.69) is 15.4 Å². The van der Waals surface area contributed by atoms with Crippen LogP contribution in [0, 0.1) is 0 Å². The second-order valence-corrected chi connectivity index (χ2v) is 6.38. The van der Waals surface area contributed by atoms with Crippen molar-refractivity contribution in [2.75, 3.05) is 13.1 Å². The maximum absolute atomic E-state index is 12.7. The van der Waals surface area contributed by atoms with Gasteiger partial charge in [0.1, 0.15) is 5.69 Å². The highest BCUT2D eigenvalue weighted by Gasteiger charge is 2.28. The molecule has 4 rings (SSSR count). The van der Waals surface area contributed by atoms with Gasteiger partial charge in [-0.2, -0.15) is 5.10 Å². The molecule has 1 aliphatic heterocycles. The van der Waals surface area contributed by atoms with Crippen LogP contribution in [0.1, 0.15) is 26.7 Å². The van der Waals surface area contributed by atoms with Crippen LogP contribution in [0.25, 0.3) is 0 Å². The molecule has 8 nitrogen and oxygen atoms in total. The normalized spacial score (nSPS) is 13.5. The molecule has 27 heavy (non-hydrogen) atoms. The lowest BCUT2D eigenvalue weighted by Crippen LogP contribution is -2.39. The second kappa shape index (κ2) is 7.45. The van der Waals surface area contributed by atoms with Crippen molar-refractivity contribution in [2.45, 2.75) is 19.6 Å². The molecule has 0 fully saturated rings. The summed E-state index contributed by atoms with van der Waals surface area (Å²) in [5, 5.41) is 6.90. The number of hydrogen-bond acceptors (Lipinski definition) is 4.